The van der Waals surface area contributed by atoms with Gasteiger partial charge in [0, 0.05) is 6.42 Å². The van der Waals surface area contributed by atoms with E-state index in [9.17, 15) is 19.8 Å². The molecular weight excluding hydrogens is 779 g/mol. The van der Waals surface area contributed by atoms with Crippen LogP contribution in [0.25, 0.3) is 0 Å². The highest BCUT2D eigenvalue weighted by atomic mass is 16.5. The largest absolute Gasteiger partial charge is 0.462 e. The van der Waals surface area contributed by atoms with E-state index in [4.69, 9.17) is 4.74 Å². The number of hydrogen-bond acceptors (Lipinski definition) is 5. The smallest absolute Gasteiger partial charge is 0.306 e. The molecule has 0 aliphatic heterocycles. The highest BCUT2D eigenvalue weighted by Gasteiger charge is 2.24. The Hall–Kier alpha value is -2.18. The zero-order valence-corrected chi connectivity index (χ0v) is 42.0. The van der Waals surface area contributed by atoms with Gasteiger partial charge in [0.2, 0.25) is 5.91 Å². The molecule has 6 nitrogen and oxygen atoms in total. The van der Waals surface area contributed by atoms with Crippen LogP contribution in [0.5, 0.6) is 0 Å². The van der Waals surface area contributed by atoms with Crippen LogP contribution in [0.1, 0.15) is 278 Å². The van der Waals surface area contributed by atoms with Crippen LogP contribution in [0.4, 0.5) is 0 Å². The van der Waals surface area contributed by atoms with Gasteiger partial charge >= 0.3 is 5.97 Å². The van der Waals surface area contributed by atoms with Crippen molar-refractivity contribution in [3.8, 4) is 0 Å². The molecule has 3 unspecified atom stereocenters. The minimum Gasteiger partial charge on any atom is -0.462 e. The lowest BCUT2D eigenvalue weighted by Crippen LogP contribution is -2.46. The molecule has 3 N–H and O–H groups in total. The van der Waals surface area contributed by atoms with Crippen LogP contribution >= 0.6 is 0 Å². The second-order valence-electron chi connectivity index (χ2n) is 18.6. The number of aliphatic hydroxyl groups excluding tert-OH is 2. The number of allylic oxidation sites excluding steroid dienone is 8. The zero-order valence-electron chi connectivity index (χ0n) is 42.0. The van der Waals surface area contributed by atoms with E-state index in [1.54, 1.807) is 0 Å². The van der Waals surface area contributed by atoms with E-state index >= 15 is 0 Å². The summed E-state index contributed by atoms with van der Waals surface area (Å²) in [6.07, 6.45) is 61.8. The predicted octanol–water partition coefficient (Wildman–Crippen LogP) is 16.6. The summed E-state index contributed by atoms with van der Waals surface area (Å²) in [7, 11) is 0. The third kappa shape index (κ3) is 46.2. The number of amides is 1. The Morgan fingerprint density at radius 1 is 0.476 bits per heavy atom. The highest BCUT2D eigenvalue weighted by Crippen LogP contribution is 2.18. The number of rotatable bonds is 49. The fourth-order valence-corrected chi connectivity index (χ4v) is 8.31. The summed E-state index contributed by atoms with van der Waals surface area (Å²) in [5, 5.41) is 23.8. The van der Waals surface area contributed by atoms with E-state index in [0.29, 0.717) is 19.3 Å². The molecule has 0 fully saturated rings. The average Bonchev–Trinajstić information content (AvgIpc) is 3.28. The van der Waals surface area contributed by atoms with Crippen molar-refractivity contribution in [3.63, 3.8) is 0 Å². The lowest BCUT2D eigenvalue weighted by molar-refractivity contribution is -0.151. The molecular formula is C57H105NO5. The summed E-state index contributed by atoms with van der Waals surface area (Å²) in [5.41, 5.74) is 0. The van der Waals surface area contributed by atoms with Crippen molar-refractivity contribution >= 4 is 11.9 Å². The summed E-state index contributed by atoms with van der Waals surface area (Å²) >= 11 is 0. The molecule has 6 heteroatoms. The van der Waals surface area contributed by atoms with Crippen molar-refractivity contribution in [2.45, 2.75) is 296 Å². The number of carbonyl (C=O) groups is 2. The van der Waals surface area contributed by atoms with Gasteiger partial charge in [0.15, 0.2) is 0 Å². The van der Waals surface area contributed by atoms with Crippen molar-refractivity contribution in [2.24, 2.45) is 0 Å². The van der Waals surface area contributed by atoms with Gasteiger partial charge in [-0.3, -0.25) is 9.59 Å². The average molecular weight is 884 g/mol. The minimum atomic E-state index is -0.801. The third-order valence-corrected chi connectivity index (χ3v) is 12.4. The molecule has 368 valence electrons. The first-order valence-electron chi connectivity index (χ1n) is 27.4. The van der Waals surface area contributed by atoms with E-state index in [2.05, 4.69) is 74.7 Å². The maximum atomic E-state index is 13.2. The Morgan fingerprint density at radius 2 is 0.857 bits per heavy atom. The third-order valence-electron chi connectivity index (χ3n) is 12.4. The lowest BCUT2D eigenvalue weighted by atomic mass is 10.0. The number of unbranched alkanes of at least 4 members (excludes halogenated alkanes) is 29. The molecule has 0 aliphatic carbocycles. The van der Waals surface area contributed by atoms with Gasteiger partial charge < -0.3 is 20.3 Å². The summed E-state index contributed by atoms with van der Waals surface area (Å²) in [6.45, 7) is 6.37. The van der Waals surface area contributed by atoms with Crippen LogP contribution in [-0.4, -0.2) is 46.9 Å². The summed E-state index contributed by atoms with van der Waals surface area (Å²) in [4.78, 5) is 26.2. The monoisotopic (exact) mass is 884 g/mol. The maximum absolute atomic E-state index is 13.2. The van der Waals surface area contributed by atoms with Gasteiger partial charge in [0.25, 0.3) is 0 Å². The normalized spacial score (nSPS) is 13.5. The molecule has 0 saturated carbocycles. The topological polar surface area (TPSA) is 95.9 Å². The van der Waals surface area contributed by atoms with Gasteiger partial charge in [-0.25, -0.2) is 0 Å². The summed E-state index contributed by atoms with van der Waals surface area (Å²) in [6, 6.07) is -0.718. The van der Waals surface area contributed by atoms with E-state index in [1.165, 1.54) is 154 Å². The van der Waals surface area contributed by atoms with Crippen molar-refractivity contribution in [2.75, 3.05) is 6.61 Å². The van der Waals surface area contributed by atoms with Gasteiger partial charge in [-0.2, -0.15) is 0 Å². The van der Waals surface area contributed by atoms with E-state index < -0.39 is 18.2 Å². The second-order valence-corrected chi connectivity index (χ2v) is 18.6. The highest BCUT2D eigenvalue weighted by molar-refractivity contribution is 5.77. The molecule has 0 aromatic carbocycles. The van der Waals surface area contributed by atoms with Gasteiger partial charge in [0.05, 0.1) is 25.2 Å². The van der Waals surface area contributed by atoms with Crippen LogP contribution in [-0.2, 0) is 14.3 Å². The molecule has 3 atom stereocenters. The van der Waals surface area contributed by atoms with Crippen molar-refractivity contribution < 1.29 is 24.5 Å². The number of hydrogen-bond donors (Lipinski definition) is 3. The Balaban J connectivity index is 4.57. The summed E-state index contributed by atoms with van der Waals surface area (Å²) in [5.74, 6) is -0.519. The number of aliphatic hydroxyl groups is 2. The van der Waals surface area contributed by atoms with Crippen molar-refractivity contribution in [1.29, 1.82) is 0 Å². The first-order chi connectivity index (χ1) is 31.0. The molecule has 0 saturated heterocycles. The van der Waals surface area contributed by atoms with E-state index in [0.717, 1.165) is 77.0 Å². The van der Waals surface area contributed by atoms with Crippen molar-refractivity contribution in [1.82, 2.24) is 5.32 Å². The molecule has 0 aromatic heterocycles. The van der Waals surface area contributed by atoms with Gasteiger partial charge in [-0.15, -0.1) is 0 Å². The molecule has 0 rings (SSSR count). The molecule has 0 aliphatic rings. The molecule has 1 amide bonds. The number of nitrogens with one attached hydrogen (secondary N) is 1. The number of ether oxygens (including phenoxy) is 1. The van der Waals surface area contributed by atoms with Crippen molar-refractivity contribution in [3.05, 3.63) is 48.6 Å². The SMILES string of the molecule is CC/C=C/C/C=C/C/C=C/C/C=C/CCCC(CC(=O)NC(CO)C(O)CCCCCCCCCCCCCCCCCCC)OC(=O)CCCCCCCCCCCCCCC. The maximum Gasteiger partial charge on any atom is 0.306 e. The van der Waals surface area contributed by atoms with Crippen LogP contribution < -0.4 is 5.32 Å². The lowest BCUT2D eigenvalue weighted by Gasteiger charge is -2.24. The Kier molecular flexibility index (Phi) is 49.1. The van der Waals surface area contributed by atoms with Gasteiger partial charge in [0.1, 0.15) is 6.10 Å². The Morgan fingerprint density at radius 3 is 1.27 bits per heavy atom. The fourth-order valence-electron chi connectivity index (χ4n) is 8.31. The standard InChI is InChI=1S/C57H105NO5/c1-4-7-10-13-16-19-22-25-27-28-29-32-34-37-40-43-46-49-55(60)54(52-59)58-56(61)51-53(48-45-42-39-36-33-31-26-23-20-17-14-11-8-5-2)63-57(62)50-47-44-41-38-35-30-24-21-18-15-12-9-6-3/h8,11,17,20,26,31,36,39,53-55,59-60H,4-7,9-10,12-16,18-19,21-25,27-30,32-35,37-38,40-52H2,1-3H3,(H,58,61)/b11-8+,20-17+,31-26+,39-36+. The van der Waals surface area contributed by atoms with Gasteiger partial charge in [-0.05, 0) is 57.8 Å². The number of carbonyl (C=O) groups excluding carboxylic acids is 2. The Labute approximate surface area is 391 Å². The van der Waals surface area contributed by atoms with E-state index in [1.807, 2.05) is 0 Å². The molecule has 0 heterocycles. The van der Waals surface area contributed by atoms with Crippen LogP contribution in [0.2, 0.25) is 0 Å². The fraction of sp³-hybridized carbons (Fsp3) is 0.825. The first-order valence-corrected chi connectivity index (χ1v) is 27.4. The number of esters is 1. The molecule has 63 heavy (non-hydrogen) atoms. The second kappa shape index (κ2) is 50.8. The van der Waals surface area contributed by atoms with Gasteiger partial charge in [-0.1, -0.05) is 256 Å². The quantitative estimate of drug-likeness (QED) is 0.0321. The van der Waals surface area contributed by atoms with Crippen LogP contribution in [0.3, 0.4) is 0 Å². The van der Waals surface area contributed by atoms with Crippen LogP contribution in [0.15, 0.2) is 48.6 Å². The molecule has 0 bridgehead atoms. The minimum absolute atomic E-state index is 0.0426. The molecule has 0 radical (unpaired) electrons. The van der Waals surface area contributed by atoms with E-state index in [-0.39, 0.29) is 24.9 Å². The zero-order chi connectivity index (χ0) is 45.9. The molecule has 0 spiro atoms. The van der Waals surface area contributed by atoms with Crippen LogP contribution in [0, 0.1) is 0 Å². The Bertz CT molecular complexity index is 1080. The predicted molar refractivity (Wildman–Crippen MR) is 273 cm³/mol. The molecule has 0 aromatic rings. The first kappa shape index (κ1) is 60.8. The summed E-state index contributed by atoms with van der Waals surface area (Å²) < 4.78 is 5.91.